The maximum Gasteiger partial charge on any atom is 0.408 e. The standard InChI is InChI=1S/C21H23N3O7S/c1-14-18(20(26)24(14)32(28,29)30)23-19(25)17(12-15-8-4-2-5-9-15)22-21(27)31-13-16-10-6-3-7-11-16/h2-11,14,17-18H,12-13H2,1H3,(H,22,27)(H,23,25)(H,28,29,30)/t14-,17-,18-/m0/s1. The van der Waals surface area contributed by atoms with Crippen LogP contribution < -0.4 is 10.6 Å². The zero-order valence-corrected chi connectivity index (χ0v) is 18.0. The van der Waals surface area contributed by atoms with E-state index in [0.717, 1.165) is 11.1 Å². The van der Waals surface area contributed by atoms with Crippen LogP contribution in [0.2, 0.25) is 0 Å². The number of alkyl carbamates (subject to hydrolysis) is 1. The second-order valence-electron chi connectivity index (χ2n) is 7.29. The first-order valence-electron chi connectivity index (χ1n) is 9.79. The number of carbonyl (C=O) groups is 3. The molecular weight excluding hydrogens is 438 g/mol. The molecular formula is C21H23N3O7S. The molecule has 11 heteroatoms. The van der Waals surface area contributed by atoms with Crippen molar-refractivity contribution >= 4 is 28.2 Å². The van der Waals surface area contributed by atoms with E-state index < -0.39 is 46.3 Å². The molecule has 0 aromatic heterocycles. The highest BCUT2D eigenvalue weighted by Crippen LogP contribution is 2.23. The molecule has 1 fully saturated rings. The number of hydrogen-bond donors (Lipinski definition) is 3. The predicted molar refractivity (Wildman–Crippen MR) is 113 cm³/mol. The molecule has 0 aliphatic carbocycles. The molecule has 3 amide bonds. The summed E-state index contributed by atoms with van der Waals surface area (Å²) in [6.07, 6.45) is -0.706. The lowest BCUT2D eigenvalue weighted by molar-refractivity contribution is -0.145. The third kappa shape index (κ3) is 5.62. The smallest absolute Gasteiger partial charge is 0.408 e. The molecule has 2 aromatic carbocycles. The van der Waals surface area contributed by atoms with Gasteiger partial charge in [0, 0.05) is 6.42 Å². The van der Waals surface area contributed by atoms with Gasteiger partial charge in [0.25, 0.3) is 5.91 Å². The van der Waals surface area contributed by atoms with Crippen molar-refractivity contribution in [3.8, 4) is 0 Å². The van der Waals surface area contributed by atoms with Gasteiger partial charge in [-0.2, -0.15) is 8.42 Å². The second kappa shape index (κ2) is 9.79. The van der Waals surface area contributed by atoms with Gasteiger partial charge in [-0.05, 0) is 18.1 Å². The lowest BCUT2D eigenvalue weighted by Gasteiger charge is -2.42. The van der Waals surface area contributed by atoms with E-state index in [2.05, 4.69) is 10.6 Å². The van der Waals surface area contributed by atoms with Crippen LogP contribution >= 0.6 is 0 Å². The Labute approximate surface area is 185 Å². The average Bonchev–Trinajstić information content (AvgIpc) is 2.76. The van der Waals surface area contributed by atoms with Gasteiger partial charge in [-0.3, -0.25) is 14.1 Å². The molecule has 170 valence electrons. The molecule has 0 spiro atoms. The van der Waals surface area contributed by atoms with Crippen molar-refractivity contribution in [2.24, 2.45) is 0 Å². The Morgan fingerprint density at radius 1 is 1.06 bits per heavy atom. The van der Waals surface area contributed by atoms with Crippen LogP contribution in [0.5, 0.6) is 0 Å². The molecule has 0 radical (unpaired) electrons. The normalized spacial score (nSPS) is 18.9. The number of nitrogens with one attached hydrogen (secondary N) is 2. The minimum absolute atomic E-state index is 0.00775. The van der Waals surface area contributed by atoms with Crippen LogP contribution in [0.1, 0.15) is 18.1 Å². The Balaban J connectivity index is 1.66. The zero-order valence-electron chi connectivity index (χ0n) is 17.2. The van der Waals surface area contributed by atoms with E-state index in [1.165, 1.54) is 6.92 Å². The first-order chi connectivity index (χ1) is 15.2. The summed E-state index contributed by atoms with van der Waals surface area (Å²) in [5, 5.41) is 4.94. The Bertz CT molecular complexity index is 1080. The maximum absolute atomic E-state index is 12.8. The van der Waals surface area contributed by atoms with Crippen LogP contribution in [-0.4, -0.2) is 53.3 Å². The van der Waals surface area contributed by atoms with Crippen molar-refractivity contribution in [1.29, 1.82) is 0 Å². The largest absolute Gasteiger partial charge is 0.445 e. The van der Waals surface area contributed by atoms with Crippen molar-refractivity contribution in [1.82, 2.24) is 14.9 Å². The van der Waals surface area contributed by atoms with Crippen molar-refractivity contribution in [3.63, 3.8) is 0 Å². The molecule has 32 heavy (non-hydrogen) atoms. The van der Waals surface area contributed by atoms with Gasteiger partial charge in [-0.1, -0.05) is 60.7 Å². The molecule has 0 unspecified atom stereocenters. The van der Waals surface area contributed by atoms with Gasteiger partial charge in [0.15, 0.2) is 0 Å². The molecule has 3 N–H and O–H groups in total. The Hall–Kier alpha value is -3.44. The fourth-order valence-electron chi connectivity index (χ4n) is 3.32. The van der Waals surface area contributed by atoms with E-state index in [0.29, 0.717) is 0 Å². The summed E-state index contributed by atoms with van der Waals surface area (Å²) in [5.74, 6) is -1.65. The minimum atomic E-state index is -4.71. The van der Waals surface area contributed by atoms with E-state index in [1.807, 2.05) is 6.07 Å². The molecule has 0 bridgehead atoms. The lowest BCUT2D eigenvalue weighted by atomic mass is 9.99. The lowest BCUT2D eigenvalue weighted by Crippen LogP contribution is -2.71. The summed E-state index contributed by atoms with van der Waals surface area (Å²) in [6.45, 7) is 1.38. The SMILES string of the molecule is C[C@H]1[C@H](NC(=O)[C@H](Cc2ccccc2)NC(=O)OCc2ccccc2)C(=O)N1S(=O)(=O)O. The monoisotopic (exact) mass is 461 g/mol. The first-order valence-corrected chi connectivity index (χ1v) is 11.2. The second-order valence-corrected chi connectivity index (χ2v) is 8.58. The summed E-state index contributed by atoms with van der Waals surface area (Å²) >= 11 is 0. The van der Waals surface area contributed by atoms with Crippen molar-refractivity contribution in [3.05, 3.63) is 71.8 Å². The van der Waals surface area contributed by atoms with Crippen LogP contribution in [0, 0.1) is 0 Å². The summed E-state index contributed by atoms with van der Waals surface area (Å²) in [7, 11) is -4.71. The molecule has 10 nitrogen and oxygen atoms in total. The van der Waals surface area contributed by atoms with E-state index in [9.17, 15) is 22.8 Å². The number of ether oxygens (including phenoxy) is 1. The summed E-state index contributed by atoms with van der Waals surface area (Å²) in [6, 6.07) is 14.7. The number of hydrogen-bond acceptors (Lipinski definition) is 6. The van der Waals surface area contributed by atoms with Gasteiger partial charge in [-0.15, -0.1) is 0 Å². The number of amides is 3. The molecule has 1 aliphatic rings. The number of rotatable bonds is 8. The van der Waals surface area contributed by atoms with Crippen LogP contribution in [-0.2, 0) is 37.7 Å². The molecule has 0 saturated carbocycles. The topological polar surface area (TPSA) is 142 Å². The van der Waals surface area contributed by atoms with Gasteiger partial charge < -0.3 is 15.4 Å². The van der Waals surface area contributed by atoms with Gasteiger partial charge in [0.1, 0.15) is 18.7 Å². The van der Waals surface area contributed by atoms with Crippen LogP contribution in [0.3, 0.4) is 0 Å². The molecule has 3 atom stereocenters. The first kappa shape index (κ1) is 23.2. The van der Waals surface area contributed by atoms with Gasteiger partial charge in [0.2, 0.25) is 5.91 Å². The van der Waals surface area contributed by atoms with Crippen molar-refractivity contribution in [2.75, 3.05) is 0 Å². The van der Waals surface area contributed by atoms with Gasteiger partial charge in [0.05, 0.1) is 6.04 Å². The van der Waals surface area contributed by atoms with Crippen LogP contribution in [0.25, 0.3) is 0 Å². The van der Waals surface area contributed by atoms with Gasteiger partial charge in [-0.25, -0.2) is 9.10 Å². The van der Waals surface area contributed by atoms with E-state index in [4.69, 9.17) is 9.29 Å². The Morgan fingerprint density at radius 3 is 2.16 bits per heavy atom. The fraction of sp³-hybridized carbons (Fsp3) is 0.286. The molecule has 1 aliphatic heterocycles. The average molecular weight is 461 g/mol. The van der Waals surface area contributed by atoms with Crippen LogP contribution in [0.4, 0.5) is 4.79 Å². The third-order valence-corrected chi connectivity index (χ3v) is 6.00. The molecule has 1 saturated heterocycles. The molecule has 3 rings (SSSR count). The number of nitrogens with zero attached hydrogens (tertiary/aromatic N) is 1. The highest BCUT2D eigenvalue weighted by molar-refractivity contribution is 7.84. The highest BCUT2D eigenvalue weighted by Gasteiger charge is 2.51. The highest BCUT2D eigenvalue weighted by atomic mass is 32.2. The van der Waals surface area contributed by atoms with Gasteiger partial charge >= 0.3 is 16.4 Å². The molecule has 1 heterocycles. The number of carbonyl (C=O) groups excluding carboxylic acids is 3. The number of β-lactam (4-membered cyclic amide) rings is 1. The zero-order chi connectivity index (χ0) is 23.3. The van der Waals surface area contributed by atoms with Crippen LogP contribution in [0.15, 0.2) is 60.7 Å². The third-order valence-electron chi connectivity index (χ3n) is 4.99. The minimum Gasteiger partial charge on any atom is -0.445 e. The van der Waals surface area contributed by atoms with E-state index in [1.54, 1.807) is 54.6 Å². The van der Waals surface area contributed by atoms with E-state index in [-0.39, 0.29) is 17.3 Å². The summed E-state index contributed by atoms with van der Waals surface area (Å²) in [4.78, 5) is 37.2. The predicted octanol–water partition coefficient (Wildman–Crippen LogP) is 1.04. The fourth-order valence-corrected chi connectivity index (χ4v) is 4.21. The Kier molecular flexibility index (Phi) is 7.11. The Morgan fingerprint density at radius 2 is 1.62 bits per heavy atom. The van der Waals surface area contributed by atoms with E-state index >= 15 is 0 Å². The molecule has 2 aromatic rings. The maximum atomic E-state index is 12.8. The quantitative estimate of drug-likeness (QED) is 0.394. The summed E-state index contributed by atoms with van der Waals surface area (Å²) < 4.78 is 37.1. The van der Waals surface area contributed by atoms with Crippen molar-refractivity contribution in [2.45, 2.75) is 38.1 Å². The number of benzene rings is 2. The summed E-state index contributed by atoms with van der Waals surface area (Å²) in [5.41, 5.74) is 1.52. The van der Waals surface area contributed by atoms with Crippen molar-refractivity contribution < 1.29 is 32.1 Å².